The number of likely N-dealkylation sites (tertiary alicyclic amines) is 1. The average Bonchev–Trinajstić information content (AvgIpc) is 3.32. The molecule has 9 nitrogen and oxygen atoms in total. The van der Waals surface area contributed by atoms with E-state index >= 15 is 0 Å². The number of methoxy groups -OCH3 is 1. The number of rotatable bonds is 8. The molecular formula is C16H24N6O3. The van der Waals surface area contributed by atoms with Gasteiger partial charge < -0.3 is 14.2 Å². The van der Waals surface area contributed by atoms with E-state index in [0.717, 1.165) is 32.2 Å². The smallest absolute Gasteiger partial charge is 0.249 e. The lowest BCUT2D eigenvalue weighted by atomic mass is 10.0. The highest BCUT2D eigenvalue weighted by atomic mass is 16.5. The summed E-state index contributed by atoms with van der Waals surface area (Å²) in [5.74, 6) is 1.29. The van der Waals surface area contributed by atoms with Crippen LogP contribution in [-0.2, 0) is 22.5 Å². The summed E-state index contributed by atoms with van der Waals surface area (Å²) >= 11 is 0. The van der Waals surface area contributed by atoms with E-state index < -0.39 is 0 Å². The van der Waals surface area contributed by atoms with Crippen LogP contribution in [-0.4, -0.2) is 56.0 Å². The van der Waals surface area contributed by atoms with Crippen molar-refractivity contribution in [2.45, 2.75) is 51.1 Å². The van der Waals surface area contributed by atoms with Crippen LogP contribution in [0.5, 0.6) is 0 Å². The number of nitrogens with zero attached hydrogens (tertiary/aromatic N) is 6. The first kappa shape index (κ1) is 17.5. The normalized spacial score (nSPS) is 17.8. The Hall–Kier alpha value is -2.29. The molecule has 1 aliphatic rings. The first-order valence-electron chi connectivity index (χ1n) is 8.71. The maximum atomic E-state index is 12.7. The van der Waals surface area contributed by atoms with Crippen molar-refractivity contribution < 1.29 is 14.1 Å². The maximum absolute atomic E-state index is 12.7. The fourth-order valence-corrected chi connectivity index (χ4v) is 3.07. The summed E-state index contributed by atoms with van der Waals surface area (Å²) in [6.07, 6.45) is 7.90. The highest BCUT2D eigenvalue weighted by Crippen LogP contribution is 2.30. The van der Waals surface area contributed by atoms with E-state index in [-0.39, 0.29) is 11.9 Å². The number of piperidine rings is 1. The third-order valence-corrected chi connectivity index (χ3v) is 4.37. The second-order valence-corrected chi connectivity index (χ2v) is 6.15. The van der Waals surface area contributed by atoms with Gasteiger partial charge in [0, 0.05) is 33.0 Å². The summed E-state index contributed by atoms with van der Waals surface area (Å²) in [5.41, 5.74) is 0. The third kappa shape index (κ3) is 4.62. The van der Waals surface area contributed by atoms with Crippen molar-refractivity contribution >= 4 is 5.91 Å². The van der Waals surface area contributed by atoms with Crippen molar-refractivity contribution in [1.29, 1.82) is 0 Å². The zero-order valence-corrected chi connectivity index (χ0v) is 14.5. The van der Waals surface area contributed by atoms with Crippen molar-refractivity contribution in [3.63, 3.8) is 0 Å². The number of amides is 1. The molecule has 1 aliphatic heterocycles. The number of hydrogen-bond acceptors (Lipinski definition) is 7. The number of aromatic nitrogens is 5. The number of carbonyl (C=O) groups excluding carboxylic acids is 1. The Bertz CT molecular complexity index is 657. The molecule has 3 rings (SSSR count). The Balaban J connectivity index is 1.57. The van der Waals surface area contributed by atoms with Crippen LogP contribution >= 0.6 is 0 Å². The Kier molecular flexibility index (Phi) is 6.10. The predicted molar refractivity (Wildman–Crippen MR) is 87.4 cm³/mol. The lowest BCUT2D eigenvalue weighted by Gasteiger charge is -2.33. The second-order valence-electron chi connectivity index (χ2n) is 6.15. The molecule has 3 heterocycles. The summed E-state index contributed by atoms with van der Waals surface area (Å²) < 4.78 is 12.2. The molecule has 1 fully saturated rings. The number of ether oxygens (including phenoxy) is 1. The largest absolute Gasteiger partial charge is 0.384 e. The molecule has 2 aromatic rings. The van der Waals surface area contributed by atoms with Gasteiger partial charge in [-0.2, -0.15) is 10.1 Å². The van der Waals surface area contributed by atoms with Gasteiger partial charge in [-0.3, -0.25) is 9.48 Å². The molecule has 0 aliphatic carbocycles. The Labute approximate surface area is 146 Å². The van der Waals surface area contributed by atoms with Gasteiger partial charge in [0.05, 0.1) is 6.61 Å². The molecule has 1 atom stereocenters. The molecule has 0 radical (unpaired) electrons. The van der Waals surface area contributed by atoms with E-state index in [4.69, 9.17) is 9.26 Å². The van der Waals surface area contributed by atoms with E-state index in [2.05, 4.69) is 20.2 Å². The van der Waals surface area contributed by atoms with Crippen LogP contribution in [0.3, 0.4) is 0 Å². The quantitative estimate of drug-likeness (QED) is 0.710. The van der Waals surface area contributed by atoms with Crippen LogP contribution in [0.25, 0.3) is 0 Å². The summed E-state index contributed by atoms with van der Waals surface area (Å²) in [4.78, 5) is 22.9. The first-order chi connectivity index (χ1) is 12.3. The van der Waals surface area contributed by atoms with E-state index in [9.17, 15) is 4.79 Å². The van der Waals surface area contributed by atoms with Gasteiger partial charge in [-0.25, -0.2) is 4.98 Å². The van der Waals surface area contributed by atoms with E-state index in [0.29, 0.717) is 37.7 Å². The van der Waals surface area contributed by atoms with E-state index in [1.807, 2.05) is 4.90 Å². The Morgan fingerprint density at radius 3 is 3.16 bits per heavy atom. The summed E-state index contributed by atoms with van der Waals surface area (Å²) in [5, 5.41) is 8.05. The molecule has 1 saturated heterocycles. The lowest BCUT2D eigenvalue weighted by Crippen LogP contribution is -2.38. The summed E-state index contributed by atoms with van der Waals surface area (Å²) in [7, 11) is 1.64. The molecule has 1 amide bonds. The molecule has 2 aromatic heterocycles. The standard InChI is InChI=1S/C16H24N6O3/c1-24-10-7-14-19-16(25-20-14)13-5-2-3-9-22(13)15(23)6-4-8-21-12-17-11-18-21/h11-13H,2-10H2,1H3/t13-/m0/s1. The van der Waals surface area contributed by atoms with Gasteiger partial charge in [0.15, 0.2) is 5.82 Å². The maximum Gasteiger partial charge on any atom is 0.249 e. The Morgan fingerprint density at radius 1 is 1.44 bits per heavy atom. The van der Waals surface area contributed by atoms with E-state index in [1.54, 1.807) is 18.1 Å². The lowest BCUT2D eigenvalue weighted by molar-refractivity contribution is -0.135. The number of carbonyl (C=O) groups is 1. The molecule has 0 aromatic carbocycles. The van der Waals surface area contributed by atoms with Crippen LogP contribution in [0.4, 0.5) is 0 Å². The zero-order chi connectivity index (χ0) is 17.5. The molecular weight excluding hydrogens is 324 g/mol. The molecule has 0 N–H and O–H groups in total. The molecule has 0 spiro atoms. The van der Waals surface area contributed by atoms with Gasteiger partial charge in [0.1, 0.15) is 18.7 Å². The molecule has 0 bridgehead atoms. The van der Waals surface area contributed by atoms with Gasteiger partial charge in [-0.15, -0.1) is 0 Å². The highest BCUT2D eigenvalue weighted by Gasteiger charge is 2.31. The zero-order valence-electron chi connectivity index (χ0n) is 14.5. The van der Waals surface area contributed by atoms with E-state index in [1.165, 1.54) is 6.33 Å². The molecule has 25 heavy (non-hydrogen) atoms. The summed E-state index contributed by atoms with van der Waals surface area (Å²) in [6, 6.07) is -0.114. The number of hydrogen-bond donors (Lipinski definition) is 0. The SMILES string of the molecule is COCCc1noc([C@@H]2CCCCN2C(=O)CCCn2cncn2)n1. The average molecular weight is 348 g/mol. The second kappa shape index (κ2) is 8.70. The molecule has 136 valence electrons. The monoisotopic (exact) mass is 348 g/mol. The van der Waals surface area contributed by atoms with Gasteiger partial charge in [-0.05, 0) is 25.7 Å². The van der Waals surface area contributed by atoms with Crippen molar-refractivity contribution in [3.05, 3.63) is 24.4 Å². The van der Waals surface area contributed by atoms with Gasteiger partial charge in [-0.1, -0.05) is 5.16 Å². The van der Waals surface area contributed by atoms with Crippen molar-refractivity contribution in [3.8, 4) is 0 Å². The minimum Gasteiger partial charge on any atom is -0.384 e. The van der Waals surface area contributed by atoms with Gasteiger partial charge >= 0.3 is 0 Å². The molecule has 9 heteroatoms. The van der Waals surface area contributed by atoms with Crippen LogP contribution < -0.4 is 0 Å². The Morgan fingerprint density at radius 2 is 2.36 bits per heavy atom. The fraction of sp³-hybridized carbons (Fsp3) is 0.688. The van der Waals surface area contributed by atoms with Crippen molar-refractivity contribution in [2.24, 2.45) is 0 Å². The van der Waals surface area contributed by atoms with Crippen LogP contribution in [0, 0.1) is 0 Å². The van der Waals surface area contributed by atoms with Crippen molar-refractivity contribution in [2.75, 3.05) is 20.3 Å². The molecule has 0 saturated carbocycles. The fourth-order valence-electron chi connectivity index (χ4n) is 3.07. The predicted octanol–water partition coefficient (Wildman–Crippen LogP) is 1.38. The van der Waals surface area contributed by atoms with Crippen LogP contribution in [0.2, 0.25) is 0 Å². The summed E-state index contributed by atoms with van der Waals surface area (Å²) in [6.45, 7) is 1.98. The third-order valence-electron chi connectivity index (χ3n) is 4.37. The minimum atomic E-state index is -0.114. The van der Waals surface area contributed by atoms with Gasteiger partial charge in [0.25, 0.3) is 0 Å². The van der Waals surface area contributed by atoms with Crippen LogP contribution in [0.15, 0.2) is 17.2 Å². The molecule has 0 unspecified atom stereocenters. The van der Waals surface area contributed by atoms with Crippen molar-refractivity contribution in [1.82, 2.24) is 29.8 Å². The highest BCUT2D eigenvalue weighted by molar-refractivity contribution is 5.76. The van der Waals surface area contributed by atoms with Gasteiger partial charge in [0.2, 0.25) is 11.8 Å². The van der Waals surface area contributed by atoms with Crippen LogP contribution in [0.1, 0.15) is 49.9 Å². The topological polar surface area (TPSA) is 99.2 Å². The minimum absolute atomic E-state index is 0.114. The number of aryl methyl sites for hydroxylation is 1. The first-order valence-corrected chi connectivity index (χ1v) is 8.71.